The number of benzene rings is 1. The zero-order valence-corrected chi connectivity index (χ0v) is 13.0. The van der Waals surface area contributed by atoms with Crippen LogP contribution >= 0.6 is 0 Å². The van der Waals surface area contributed by atoms with E-state index >= 15 is 0 Å². The molecule has 0 unspecified atom stereocenters. The third-order valence-electron chi connectivity index (χ3n) is 4.52. The number of unbranched alkanes of at least 4 members (excludes halogenated alkanes) is 1. The molecule has 3 nitrogen and oxygen atoms in total. The van der Waals surface area contributed by atoms with Gasteiger partial charge in [0.15, 0.2) is 11.6 Å². The number of piperidine rings is 1. The third-order valence-corrected chi connectivity index (χ3v) is 4.52. The number of fused-ring (bicyclic) bond motifs is 1. The summed E-state index contributed by atoms with van der Waals surface area (Å²) in [6, 6.07) is 2.52. The van der Waals surface area contributed by atoms with E-state index in [0.717, 1.165) is 63.1 Å². The molecule has 1 aliphatic heterocycles. The lowest BCUT2D eigenvalue weighted by Gasteiger charge is -2.24. The number of nitrogens with zero attached hydrogens (tertiary/aromatic N) is 2. The van der Waals surface area contributed by atoms with Crippen molar-refractivity contribution in [2.75, 3.05) is 13.1 Å². The number of imidazole rings is 1. The van der Waals surface area contributed by atoms with Crippen LogP contribution in [0, 0.1) is 17.6 Å². The molecule has 1 aromatic carbocycles. The number of aromatic nitrogens is 2. The highest BCUT2D eigenvalue weighted by molar-refractivity contribution is 5.76. The maximum atomic E-state index is 13.6. The first-order valence-electron chi connectivity index (χ1n) is 8.24. The molecule has 5 heteroatoms. The van der Waals surface area contributed by atoms with Crippen molar-refractivity contribution in [3.8, 4) is 0 Å². The Hall–Kier alpha value is -1.49. The highest BCUT2D eigenvalue weighted by Gasteiger charge is 2.19. The molecule has 0 aliphatic carbocycles. The normalized spacial score (nSPS) is 16.5. The van der Waals surface area contributed by atoms with Crippen LogP contribution in [-0.2, 0) is 13.0 Å². The molecule has 1 N–H and O–H groups in total. The second kappa shape index (κ2) is 6.73. The molecule has 2 aromatic rings. The number of rotatable bonds is 5. The van der Waals surface area contributed by atoms with Crippen LogP contribution in [0.15, 0.2) is 12.1 Å². The first kappa shape index (κ1) is 15.4. The van der Waals surface area contributed by atoms with E-state index < -0.39 is 11.6 Å². The van der Waals surface area contributed by atoms with E-state index in [1.807, 2.05) is 0 Å². The van der Waals surface area contributed by atoms with Crippen LogP contribution in [0.5, 0.6) is 0 Å². The number of nitrogens with one attached hydrogen (secondary N) is 1. The molecule has 0 saturated carbocycles. The first-order valence-corrected chi connectivity index (χ1v) is 8.24. The van der Waals surface area contributed by atoms with E-state index in [1.165, 1.54) is 12.1 Å². The summed E-state index contributed by atoms with van der Waals surface area (Å²) in [7, 11) is 0. The van der Waals surface area contributed by atoms with Crippen molar-refractivity contribution in [3.63, 3.8) is 0 Å². The van der Waals surface area contributed by atoms with Crippen molar-refractivity contribution in [3.05, 3.63) is 29.6 Å². The molecule has 0 radical (unpaired) electrons. The summed E-state index contributed by atoms with van der Waals surface area (Å²) in [5, 5.41) is 3.36. The monoisotopic (exact) mass is 307 g/mol. The van der Waals surface area contributed by atoms with E-state index in [1.54, 1.807) is 0 Å². The van der Waals surface area contributed by atoms with Crippen molar-refractivity contribution >= 4 is 11.0 Å². The Bertz CT molecular complexity index is 645. The molecule has 1 aromatic heterocycles. The van der Waals surface area contributed by atoms with Crippen molar-refractivity contribution in [2.24, 2.45) is 5.92 Å². The minimum atomic E-state index is -0.818. The lowest BCUT2D eigenvalue weighted by Crippen LogP contribution is -2.30. The van der Waals surface area contributed by atoms with E-state index in [0.29, 0.717) is 11.4 Å². The summed E-state index contributed by atoms with van der Waals surface area (Å²) < 4.78 is 29.2. The van der Waals surface area contributed by atoms with Gasteiger partial charge in [-0.1, -0.05) is 13.3 Å². The van der Waals surface area contributed by atoms with E-state index in [-0.39, 0.29) is 0 Å². The predicted octanol–water partition coefficient (Wildman–Crippen LogP) is 3.66. The van der Waals surface area contributed by atoms with Crippen LogP contribution in [0.25, 0.3) is 11.0 Å². The molecule has 0 bridgehead atoms. The van der Waals surface area contributed by atoms with Gasteiger partial charge in [0.1, 0.15) is 5.82 Å². The highest BCUT2D eigenvalue weighted by Crippen LogP contribution is 2.24. The maximum Gasteiger partial charge on any atom is 0.161 e. The third kappa shape index (κ3) is 3.14. The second-order valence-electron chi connectivity index (χ2n) is 6.19. The zero-order chi connectivity index (χ0) is 15.5. The van der Waals surface area contributed by atoms with Crippen molar-refractivity contribution in [1.29, 1.82) is 0 Å². The molecule has 1 aliphatic rings. The van der Waals surface area contributed by atoms with Crippen LogP contribution in [0.3, 0.4) is 0 Å². The van der Waals surface area contributed by atoms with Gasteiger partial charge in [0.2, 0.25) is 0 Å². The Morgan fingerprint density at radius 2 is 1.95 bits per heavy atom. The number of halogens is 2. The van der Waals surface area contributed by atoms with Crippen molar-refractivity contribution in [1.82, 2.24) is 14.9 Å². The zero-order valence-electron chi connectivity index (χ0n) is 13.0. The van der Waals surface area contributed by atoms with Gasteiger partial charge in [-0.15, -0.1) is 0 Å². The minimum absolute atomic E-state index is 0.568. The summed E-state index contributed by atoms with van der Waals surface area (Å²) in [6.45, 7) is 5.05. The van der Waals surface area contributed by atoms with E-state index in [4.69, 9.17) is 0 Å². The first-order chi connectivity index (χ1) is 10.7. The number of hydrogen-bond acceptors (Lipinski definition) is 2. The van der Waals surface area contributed by atoms with Crippen LogP contribution in [0.2, 0.25) is 0 Å². The second-order valence-corrected chi connectivity index (χ2v) is 6.19. The van der Waals surface area contributed by atoms with Gasteiger partial charge in [-0.25, -0.2) is 13.8 Å². The van der Waals surface area contributed by atoms with Gasteiger partial charge < -0.3 is 9.88 Å². The Kier molecular flexibility index (Phi) is 4.71. The lowest BCUT2D eigenvalue weighted by atomic mass is 9.98. The quantitative estimate of drug-likeness (QED) is 0.913. The molecule has 0 amide bonds. The van der Waals surface area contributed by atoms with Gasteiger partial charge >= 0.3 is 0 Å². The van der Waals surface area contributed by atoms with E-state index in [2.05, 4.69) is 21.8 Å². The summed E-state index contributed by atoms with van der Waals surface area (Å²) in [5.41, 5.74) is 1.29. The lowest BCUT2D eigenvalue weighted by molar-refractivity contribution is 0.332. The fraction of sp³-hybridized carbons (Fsp3) is 0.588. The van der Waals surface area contributed by atoms with Crippen LogP contribution in [0.4, 0.5) is 8.78 Å². The molecule has 2 heterocycles. The number of aryl methyl sites for hydroxylation is 1. The average Bonchev–Trinajstić information content (AvgIpc) is 2.84. The van der Waals surface area contributed by atoms with Crippen molar-refractivity contribution in [2.45, 2.75) is 45.6 Å². The van der Waals surface area contributed by atoms with Gasteiger partial charge in [-0.05, 0) is 38.3 Å². The maximum absolute atomic E-state index is 13.6. The summed E-state index contributed by atoms with van der Waals surface area (Å²) >= 11 is 0. The van der Waals surface area contributed by atoms with Gasteiger partial charge in [0, 0.05) is 25.1 Å². The SMILES string of the molecule is CCCCc1nc2cc(F)c(F)cc2n1CC1CCNCC1. The van der Waals surface area contributed by atoms with Crippen molar-refractivity contribution < 1.29 is 8.78 Å². The summed E-state index contributed by atoms with van der Waals surface area (Å²) in [6.07, 6.45) is 5.23. The molecular formula is C17H23F2N3. The Morgan fingerprint density at radius 1 is 1.23 bits per heavy atom. The van der Waals surface area contributed by atoms with Gasteiger partial charge in [0.25, 0.3) is 0 Å². The smallest absolute Gasteiger partial charge is 0.161 e. The largest absolute Gasteiger partial charge is 0.328 e. The molecule has 22 heavy (non-hydrogen) atoms. The summed E-state index contributed by atoms with van der Waals surface area (Å²) in [5.74, 6) is -0.0745. The van der Waals surface area contributed by atoms with Gasteiger partial charge in [-0.2, -0.15) is 0 Å². The Morgan fingerprint density at radius 3 is 2.68 bits per heavy atom. The molecule has 3 rings (SSSR count). The fourth-order valence-electron chi connectivity index (χ4n) is 3.22. The predicted molar refractivity (Wildman–Crippen MR) is 83.9 cm³/mol. The molecule has 0 spiro atoms. The molecule has 120 valence electrons. The van der Waals surface area contributed by atoms with Crippen LogP contribution in [-0.4, -0.2) is 22.6 Å². The fourth-order valence-corrected chi connectivity index (χ4v) is 3.22. The highest BCUT2D eigenvalue weighted by atomic mass is 19.2. The Balaban J connectivity index is 1.97. The standard InChI is InChI=1S/C17H23F2N3/c1-2-3-4-17-21-15-9-13(18)14(19)10-16(15)22(17)11-12-5-7-20-8-6-12/h9-10,12,20H,2-8,11H2,1H3. The summed E-state index contributed by atoms with van der Waals surface area (Å²) in [4.78, 5) is 4.56. The van der Waals surface area contributed by atoms with Gasteiger partial charge in [0.05, 0.1) is 11.0 Å². The molecule has 1 fully saturated rings. The number of hydrogen-bond donors (Lipinski definition) is 1. The Labute approximate surface area is 129 Å². The van der Waals surface area contributed by atoms with Crippen LogP contribution in [0.1, 0.15) is 38.4 Å². The topological polar surface area (TPSA) is 29.9 Å². The van der Waals surface area contributed by atoms with Crippen LogP contribution < -0.4 is 5.32 Å². The van der Waals surface area contributed by atoms with E-state index in [9.17, 15) is 8.78 Å². The molecule has 0 atom stereocenters. The minimum Gasteiger partial charge on any atom is -0.328 e. The van der Waals surface area contributed by atoms with Gasteiger partial charge in [-0.3, -0.25) is 0 Å². The molecular weight excluding hydrogens is 284 g/mol. The average molecular weight is 307 g/mol. The molecule has 1 saturated heterocycles.